The molecule has 0 spiro atoms. The number of methoxy groups -OCH3 is 1. The molecule has 0 saturated carbocycles. The van der Waals surface area contributed by atoms with Gasteiger partial charge in [-0.1, -0.05) is 0 Å². The minimum absolute atomic E-state index is 0.0541. The van der Waals surface area contributed by atoms with Crippen LogP contribution in [0.2, 0.25) is 0 Å². The van der Waals surface area contributed by atoms with Crippen molar-refractivity contribution in [1.82, 2.24) is 9.88 Å². The van der Waals surface area contributed by atoms with Crippen LogP contribution in [0.5, 0.6) is 0 Å². The van der Waals surface area contributed by atoms with E-state index in [0.717, 1.165) is 42.6 Å². The second kappa shape index (κ2) is 8.42. The van der Waals surface area contributed by atoms with Crippen molar-refractivity contribution in [3.05, 3.63) is 40.3 Å². The molecule has 7 heteroatoms. The standard InChI is InChI=1S/C18H24N4O2S/c1-21-7-9-22(10-8-21)16-5-3-14(4-6-16)19-17(23)11-15-13-25-18(20-15)12-24-2/h3-6,13H,7-12H2,1-2H3,(H,19,23). The number of amides is 1. The van der Waals surface area contributed by atoms with E-state index in [2.05, 4.69) is 39.3 Å². The number of piperazine rings is 1. The summed E-state index contributed by atoms with van der Waals surface area (Å²) in [4.78, 5) is 21.3. The summed E-state index contributed by atoms with van der Waals surface area (Å²) < 4.78 is 5.05. The fraction of sp³-hybridized carbons (Fsp3) is 0.444. The summed E-state index contributed by atoms with van der Waals surface area (Å²) in [6.07, 6.45) is 0.278. The molecule has 3 rings (SSSR count). The first-order chi connectivity index (χ1) is 12.1. The Bertz CT molecular complexity index is 693. The summed E-state index contributed by atoms with van der Waals surface area (Å²) >= 11 is 1.52. The first-order valence-electron chi connectivity index (χ1n) is 8.39. The molecule has 2 heterocycles. The van der Waals surface area contributed by atoms with Crippen LogP contribution < -0.4 is 10.2 Å². The number of carbonyl (C=O) groups is 1. The number of rotatable bonds is 6. The van der Waals surface area contributed by atoms with Crippen molar-refractivity contribution in [2.75, 3.05) is 50.6 Å². The van der Waals surface area contributed by atoms with Crippen LogP contribution in [0.1, 0.15) is 10.7 Å². The molecule has 25 heavy (non-hydrogen) atoms. The van der Waals surface area contributed by atoms with E-state index in [4.69, 9.17) is 4.74 Å². The molecule has 1 N–H and O–H groups in total. The van der Waals surface area contributed by atoms with E-state index in [1.807, 2.05) is 17.5 Å². The van der Waals surface area contributed by atoms with Crippen molar-refractivity contribution in [2.24, 2.45) is 0 Å². The minimum atomic E-state index is -0.0541. The van der Waals surface area contributed by atoms with Crippen molar-refractivity contribution >= 4 is 28.6 Å². The molecule has 2 aromatic rings. The fourth-order valence-electron chi connectivity index (χ4n) is 2.81. The summed E-state index contributed by atoms with van der Waals surface area (Å²) in [5, 5.41) is 5.73. The van der Waals surface area contributed by atoms with Crippen LogP contribution in [0.25, 0.3) is 0 Å². The molecule has 1 aliphatic rings. The molecular weight excluding hydrogens is 336 g/mol. The smallest absolute Gasteiger partial charge is 0.230 e. The van der Waals surface area contributed by atoms with Gasteiger partial charge in [-0.2, -0.15) is 0 Å². The summed E-state index contributed by atoms with van der Waals surface area (Å²) in [7, 11) is 3.79. The maximum absolute atomic E-state index is 12.2. The lowest BCUT2D eigenvalue weighted by Gasteiger charge is -2.34. The monoisotopic (exact) mass is 360 g/mol. The number of benzene rings is 1. The SMILES string of the molecule is COCc1nc(CC(=O)Nc2ccc(N3CCN(C)CC3)cc2)cs1. The third kappa shape index (κ3) is 5.01. The lowest BCUT2D eigenvalue weighted by atomic mass is 10.2. The van der Waals surface area contributed by atoms with Gasteiger partial charge in [-0.15, -0.1) is 11.3 Å². The van der Waals surface area contributed by atoms with Crippen molar-refractivity contribution in [2.45, 2.75) is 13.0 Å². The molecule has 0 unspecified atom stereocenters. The topological polar surface area (TPSA) is 57.7 Å². The number of nitrogens with one attached hydrogen (secondary N) is 1. The second-order valence-corrected chi connectivity index (χ2v) is 7.17. The predicted octanol–water partition coefficient (Wildman–Crippen LogP) is 2.22. The Morgan fingerprint density at radius 3 is 2.64 bits per heavy atom. The minimum Gasteiger partial charge on any atom is -0.378 e. The van der Waals surface area contributed by atoms with Crippen LogP contribution in [0.4, 0.5) is 11.4 Å². The number of nitrogens with zero attached hydrogens (tertiary/aromatic N) is 3. The molecular formula is C18H24N4O2S. The van der Waals surface area contributed by atoms with E-state index in [0.29, 0.717) is 6.61 Å². The van der Waals surface area contributed by atoms with Gasteiger partial charge in [0.05, 0.1) is 18.7 Å². The molecule has 0 aliphatic carbocycles. The van der Waals surface area contributed by atoms with Crippen molar-refractivity contribution < 1.29 is 9.53 Å². The van der Waals surface area contributed by atoms with E-state index in [-0.39, 0.29) is 12.3 Å². The van der Waals surface area contributed by atoms with Crippen molar-refractivity contribution in [1.29, 1.82) is 0 Å². The van der Waals surface area contributed by atoms with E-state index in [9.17, 15) is 4.79 Å². The molecule has 0 atom stereocenters. The number of aromatic nitrogens is 1. The van der Waals surface area contributed by atoms with E-state index in [1.165, 1.54) is 17.0 Å². The van der Waals surface area contributed by atoms with Crippen LogP contribution in [0.15, 0.2) is 29.6 Å². The largest absolute Gasteiger partial charge is 0.378 e. The van der Waals surface area contributed by atoms with E-state index >= 15 is 0 Å². The van der Waals surface area contributed by atoms with E-state index < -0.39 is 0 Å². The second-order valence-electron chi connectivity index (χ2n) is 6.23. The lowest BCUT2D eigenvalue weighted by molar-refractivity contribution is -0.115. The van der Waals surface area contributed by atoms with Gasteiger partial charge in [0.1, 0.15) is 5.01 Å². The van der Waals surface area contributed by atoms with Gasteiger partial charge in [0, 0.05) is 50.0 Å². The Hall–Kier alpha value is -1.96. The highest BCUT2D eigenvalue weighted by Gasteiger charge is 2.14. The van der Waals surface area contributed by atoms with Crippen LogP contribution in [0, 0.1) is 0 Å². The fourth-order valence-corrected chi connectivity index (χ4v) is 3.57. The molecule has 1 fully saturated rings. The Morgan fingerprint density at radius 1 is 1.24 bits per heavy atom. The highest BCUT2D eigenvalue weighted by atomic mass is 32.1. The summed E-state index contributed by atoms with van der Waals surface area (Å²) in [6, 6.07) is 8.06. The molecule has 1 aromatic heterocycles. The van der Waals surface area contributed by atoms with Gasteiger partial charge in [-0.05, 0) is 31.3 Å². The van der Waals surface area contributed by atoms with Gasteiger partial charge in [0.15, 0.2) is 0 Å². The molecule has 1 saturated heterocycles. The third-order valence-corrected chi connectivity index (χ3v) is 5.10. The zero-order valence-corrected chi connectivity index (χ0v) is 15.5. The summed E-state index contributed by atoms with van der Waals surface area (Å²) in [6.45, 7) is 4.72. The Balaban J connectivity index is 1.52. The first-order valence-corrected chi connectivity index (χ1v) is 9.27. The molecule has 134 valence electrons. The van der Waals surface area contributed by atoms with Crippen LogP contribution in [-0.4, -0.2) is 56.1 Å². The number of carbonyl (C=O) groups excluding carboxylic acids is 1. The average Bonchev–Trinajstić information content (AvgIpc) is 3.03. The van der Waals surface area contributed by atoms with Gasteiger partial charge in [-0.25, -0.2) is 4.98 Å². The van der Waals surface area contributed by atoms with Crippen LogP contribution in [0.3, 0.4) is 0 Å². The van der Waals surface area contributed by atoms with Gasteiger partial charge < -0.3 is 19.9 Å². The summed E-state index contributed by atoms with van der Waals surface area (Å²) in [5.41, 5.74) is 2.80. The number of likely N-dealkylation sites (N-methyl/N-ethyl adjacent to an activating group) is 1. The van der Waals surface area contributed by atoms with E-state index in [1.54, 1.807) is 7.11 Å². The molecule has 1 aliphatic heterocycles. The van der Waals surface area contributed by atoms with Gasteiger partial charge in [-0.3, -0.25) is 4.79 Å². The zero-order valence-electron chi connectivity index (χ0n) is 14.7. The highest BCUT2D eigenvalue weighted by Crippen LogP contribution is 2.19. The lowest BCUT2D eigenvalue weighted by Crippen LogP contribution is -2.44. The van der Waals surface area contributed by atoms with Crippen molar-refractivity contribution in [3.63, 3.8) is 0 Å². The number of hydrogen-bond donors (Lipinski definition) is 1. The Labute approximate surface area is 152 Å². The molecule has 1 aromatic carbocycles. The Kier molecular flexibility index (Phi) is 6.01. The zero-order chi connectivity index (χ0) is 17.6. The average molecular weight is 360 g/mol. The molecule has 0 radical (unpaired) electrons. The van der Waals surface area contributed by atoms with Crippen LogP contribution >= 0.6 is 11.3 Å². The quantitative estimate of drug-likeness (QED) is 0.856. The number of anilines is 2. The number of ether oxygens (including phenoxy) is 1. The summed E-state index contributed by atoms with van der Waals surface area (Å²) in [5.74, 6) is -0.0541. The van der Waals surface area contributed by atoms with Crippen LogP contribution in [-0.2, 0) is 22.6 Å². The molecule has 6 nitrogen and oxygen atoms in total. The molecule has 0 bridgehead atoms. The van der Waals surface area contributed by atoms with Crippen molar-refractivity contribution in [3.8, 4) is 0 Å². The van der Waals surface area contributed by atoms with Gasteiger partial charge in [0.25, 0.3) is 0 Å². The first kappa shape index (κ1) is 17.8. The molecule has 1 amide bonds. The normalized spacial score (nSPS) is 15.4. The predicted molar refractivity (Wildman–Crippen MR) is 101 cm³/mol. The third-order valence-electron chi connectivity index (χ3n) is 4.23. The maximum Gasteiger partial charge on any atom is 0.230 e. The highest BCUT2D eigenvalue weighted by molar-refractivity contribution is 7.09. The Morgan fingerprint density at radius 2 is 1.96 bits per heavy atom. The number of thiazole rings is 1. The van der Waals surface area contributed by atoms with Gasteiger partial charge in [0.2, 0.25) is 5.91 Å². The van der Waals surface area contributed by atoms with Gasteiger partial charge >= 0.3 is 0 Å². The maximum atomic E-state index is 12.2. The number of hydrogen-bond acceptors (Lipinski definition) is 6.